The lowest BCUT2D eigenvalue weighted by Gasteiger charge is -2.14. The maximum absolute atomic E-state index is 12.4. The van der Waals surface area contributed by atoms with E-state index in [2.05, 4.69) is 0 Å². The summed E-state index contributed by atoms with van der Waals surface area (Å²) in [4.78, 5) is 37.8. The van der Waals surface area contributed by atoms with E-state index in [1.165, 1.54) is 24.1 Å². The second-order valence-corrected chi connectivity index (χ2v) is 6.04. The van der Waals surface area contributed by atoms with Crippen molar-refractivity contribution in [1.29, 1.82) is 0 Å². The van der Waals surface area contributed by atoms with Crippen LogP contribution in [0.25, 0.3) is 5.76 Å². The predicted octanol–water partition coefficient (Wildman–Crippen LogP) is 2.76. The van der Waals surface area contributed by atoms with Crippen molar-refractivity contribution in [2.75, 3.05) is 25.2 Å². The van der Waals surface area contributed by atoms with Gasteiger partial charge in [-0.25, -0.2) is 4.79 Å². The van der Waals surface area contributed by atoms with Gasteiger partial charge in [-0.3, -0.25) is 9.59 Å². The zero-order chi connectivity index (χ0) is 20.3. The number of methoxy groups -OCH3 is 1. The Morgan fingerprint density at radius 1 is 1.04 bits per heavy atom. The number of hydrogen-bond acceptors (Lipinski definition) is 6. The van der Waals surface area contributed by atoms with Gasteiger partial charge in [0.05, 0.1) is 31.4 Å². The molecule has 7 heteroatoms. The van der Waals surface area contributed by atoms with Crippen LogP contribution < -0.4 is 9.64 Å². The number of aliphatic hydroxyl groups is 1. The lowest BCUT2D eigenvalue weighted by Crippen LogP contribution is -2.26. The number of carbonyl (C=O) groups excluding carboxylic acids is 3. The lowest BCUT2D eigenvalue weighted by atomic mass is 10.1. The molecule has 1 aliphatic rings. The maximum atomic E-state index is 12.4. The molecule has 1 amide bonds. The van der Waals surface area contributed by atoms with Crippen molar-refractivity contribution in [2.24, 2.45) is 0 Å². The predicted molar refractivity (Wildman–Crippen MR) is 102 cm³/mol. The number of nitrogens with zero attached hydrogens (tertiary/aromatic N) is 1. The van der Waals surface area contributed by atoms with Crippen LogP contribution >= 0.6 is 0 Å². The van der Waals surface area contributed by atoms with Crippen molar-refractivity contribution in [3.8, 4) is 5.75 Å². The Morgan fingerprint density at radius 3 is 2.21 bits per heavy atom. The summed E-state index contributed by atoms with van der Waals surface area (Å²) in [6, 6.07) is 12.7. The molecule has 2 aromatic rings. The molecule has 28 heavy (non-hydrogen) atoms. The summed E-state index contributed by atoms with van der Waals surface area (Å²) in [5.74, 6) is -1.59. The van der Waals surface area contributed by atoms with Crippen molar-refractivity contribution < 1.29 is 29.0 Å². The molecule has 1 saturated heterocycles. The Morgan fingerprint density at radius 2 is 1.64 bits per heavy atom. The molecule has 0 spiro atoms. The molecule has 144 valence electrons. The molecular formula is C21H19NO6. The smallest absolute Gasteiger partial charge is 0.338 e. The number of rotatable bonds is 5. The highest BCUT2D eigenvalue weighted by atomic mass is 16.5. The average molecular weight is 381 g/mol. The summed E-state index contributed by atoms with van der Waals surface area (Å²) in [6.07, 6.45) is 0. The van der Waals surface area contributed by atoms with Gasteiger partial charge in [0.2, 0.25) is 0 Å². The van der Waals surface area contributed by atoms with Crippen LogP contribution in [-0.4, -0.2) is 43.0 Å². The van der Waals surface area contributed by atoms with E-state index in [1.807, 2.05) is 0 Å². The Kier molecular flexibility index (Phi) is 5.44. The molecular weight excluding hydrogens is 362 g/mol. The van der Waals surface area contributed by atoms with E-state index in [0.717, 1.165) is 0 Å². The minimum absolute atomic E-state index is 0.0182. The van der Waals surface area contributed by atoms with Gasteiger partial charge in [-0.1, -0.05) is 0 Å². The first-order valence-corrected chi connectivity index (χ1v) is 8.66. The fourth-order valence-corrected chi connectivity index (χ4v) is 2.86. The van der Waals surface area contributed by atoms with Crippen LogP contribution in [0, 0.1) is 0 Å². The highest BCUT2D eigenvalue weighted by molar-refractivity contribution is 6.51. The molecule has 0 atom stereocenters. The van der Waals surface area contributed by atoms with Crippen LogP contribution in [0.5, 0.6) is 5.75 Å². The van der Waals surface area contributed by atoms with Crippen LogP contribution in [0.3, 0.4) is 0 Å². The number of esters is 1. The van der Waals surface area contributed by atoms with Crippen molar-refractivity contribution in [3.05, 3.63) is 65.2 Å². The topological polar surface area (TPSA) is 93.1 Å². The second-order valence-electron chi connectivity index (χ2n) is 6.04. The molecule has 0 radical (unpaired) electrons. The Hall–Kier alpha value is -3.61. The fourth-order valence-electron chi connectivity index (χ4n) is 2.86. The van der Waals surface area contributed by atoms with Crippen LogP contribution in [-0.2, 0) is 14.3 Å². The average Bonchev–Trinajstić information content (AvgIpc) is 3.02. The lowest BCUT2D eigenvalue weighted by molar-refractivity contribution is -0.132. The fraction of sp³-hybridized carbons (Fsp3) is 0.190. The van der Waals surface area contributed by atoms with Gasteiger partial charge >= 0.3 is 5.97 Å². The Balaban J connectivity index is 1.86. The molecule has 0 unspecified atom stereocenters. The van der Waals surface area contributed by atoms with E-state index in [9.17, 15) is 19.5 Å². The second kappa shape index (κ2) is 7.96. The number of aliphatic hydroxyl groups excluding tert-OH is 1. The van der Waals surface area contributed by atoms with Gasteiger partial charge in [-0.05, 0) is 55.5 Å². The normalized spacial score (nSPS) is 15.6. The van der Waals surface area contributed by atoms with Gasteiger partial charge in [0.15, 0.2) is 0 Å². The number of hydrogen-bond donors (Lipinski definition) is 1. The molecule has 0 saturated carbocycles. The van der Waals surface area contributed by atoms with Gasteiger partial charge in [-0.2, -0.15) is 0 Å². The number of amides is 1. The Labute approximate surface area is 161 Å². The van der Waals surface area contributed by atoms with Crippen molar-refractivity contribution in [2.45, 2.75) is 6.92 Å². The standard InChI is InChI=1S/C21H19NO6/c1-3-28-21(26)14-4-8-15(9-5-14)22-12-17(19(24)20(22)25)18(23)13-6-10-16(27-2)11-7-13/h4-11,23H,3,12H2,1-2H3. The van der Waals surface area contributed by atoms with Crippen molar-refractivity contribution >= 4 is 29.1 Å². The van der Waals surface area contributed by atoms with Crippen LogP contribution in [0.4, 0.5) is 5.69 Å². The number of carbonyl (C=O) groups is 3. The SMILES string of the molecule is CCOC(=O)c1ccc(N2CC(=C(O)c3ccc(OC)cc3)C(=O)C2=O)cc1. The van der Waals surface area contributed by atoms with E-state index >= 15 is 0 Å². The number of anilines is 1. The molecule has 3 rings (SSSR count). The summed E-state index contributed by atoms with van der Waals surface area (Å²) < 4.78 is 9.99. The van der Waals surface area contributed by atoms with Gasteiger partial charge in [0.25, 0.3) is 11.7 Å². The molecule has 2 aromatic carbocycles. The maximum Gasteiger partial charge on any atom is 0.338 e. The van der Waals surface area contributed by atoms with E-state index in [1.54, 1.807) is 43.3 Å². The highest BCUT2D eigenvalue weighted by Crippen LogP contribution is 2.28. The summed E-state index contributed by atoms with van der Waals surface area (Å²) in [5.41, 5.74) is 1.23. The van der Waals surface area contributed by atoms with Gasteiger partial charge in [-0.15, -0.1) is 0 Å². The Bertz CT molecular complexity index is 944. The number of Topliss-reactive ketones (excluding diaryl/α,β-unsaturated/α-hetero) is 1. The highest BCUT2D eigenvalue weighted by Gasteiger charge is 2.37. The minimum Gasteiger partial charge on any atom is -0.507 e. The first-order valence-electron chi connectivity index (χ1n) is 8.66. The third kappa shape index (κ3) is 3.59. The number of benzene rings is 2. The van der Waals surface area contributed by atoms with Gasteiger partial charge in [0.1, 0.15) is 11.5 Å². The van der Waals surface area contributed by atoms with Crippen molar-refractivity contribution in [1.82, 2.24) is 0 Å². The third-order valence-electron chi connectivity index (χ3n) is 4.37. The molecule has 0 aliphatic carbocycles. The van der Waals surface area contributed by atoms with E-state index < -0.39 is 17.7 Å². The largest absolute Gasteiger partial charge is 0.507 e. The van der Waals surface area contributed by atoms with E-state index in [-0.39, 0.29) is 24.5 Å². The van der Waals surface area contributed by atoms with Crippen LogP contribution in [0.1, 0.15) is 22.8 Å². The van der Waals surface area contributed by atoms with Crippen LogP contribution in [0.2, 0.25) is 0 Å². The molecule has 1 heterocycles. The first kappa shape index (κ1) is 19.2. The van der Waals surface area contributed by atoms with E-state index in [4.69, 9.17) is 9.47 Å². The molecule has 0 aromatic heterocycles. The molecule has 1 aliphatic heterocycles. The molecule has 1 fully saturated rings. The monoisotopic (exact) mass is 381 g/mol. The quantitative estimate of drug-likeness (QED) is 0.371. The summed E-state index contributed by atoms with van der Waals surface area (Å²) in [7, 11) is 1.53. The summed E-state index contributed by atoms with van der Waals surface area (Å²) in [6.45, 7) is 1.91. The summed E-state index contributed by atoms with van der Waals surface area (Å²) >= 11 is 0. The number of ketones is 1. The summed E-state index contributed by atoms with van der Waals surface area (Å²) in [5, 5.41) is 10.5. The first-order chi connectivity index (χ1) is 13.5. The molecule has 0 bridgehead atoms. The van der Waals surface area contributed by atoms with Gasteiger partial charge in [0, 0.05) is 11.3 Å². The van der Waals surface area contributed by atoms with Gasteiger partial charge < -0.3 is 19.5 Å². The molecule has 7 nitrogen and oxygen atoms in total. The minimum atomic E-state index is -0.761. The van der Waals surface area contributed by atoms with Crippen LogP contribution in [0.15, 0.2) is 54.1 Å². The molecule has 1 N–H and O–H groups in total. The third-order valence-corrected chi connectivity index (χ3v) is 4.37. The van der Waals surface area contributed by atoms with Crippen molar-refractivity contribution in [3.63, 3.8) is 0 Å². The van der Waals surface area contributed by atoms with E-state index in [0.29, 0.717) is 22.6 Å². The number of ether oxygens (including phenoxy) is 2. The zero-order valence-corrected chi connectivity index (χ0v) is 15.5. The zero-order valence-electron chi connectivity index (χ0n) is 15.5.